The molecule has 1 aromatic heterocycles. The molecule has 1 N–H and O–H groups in total. The summed E-state index contributed by atoms with van der Waals surface area (Å²) in [6.45, 7) is 5.57. The highest BCUT2D eigenvalue weighted by Crippen LogP contribution is 2.57. The van der Waals surface area contributed by atoms with Gasteiger partial charge in [-0.05, 0) is 26.3 Å². The van der Waals surface area contributed by atoms with Crippen molar-refractivity contribution in [2.45, 2.75) is 36.9 Å². The molecule has 0 bridgehead atoms. The number of sulfonamides is 1. The molecule has 0 aliphatic carbocycles. The Hall–Kier alpha value is -2.10. The van der Waals surface area contributed by atoms with Gasteiger partial charge in [0.2, 0.25) is 10.0 Å². The lowest BCUT2D eigenvalue weighted by atomic mass is 9.65. The molecular formula is C20H25N3O5S. The second kappa shape index (κ2) is 6.20. The maximum absolute atomic E-state index is 12.7. The molecule has 2 saturated heterocycles. The summed E-state index contributed by atoms with van der Waals surface area (Å²) >= 11 is 0. The van der Waals surface area contributed by atoms with Crippen molar-refractivity contribution < 1.29 is 22.6 Å². The number of ether oxygens (including phenoxy) is 3. The minimum atomic E-state index is -3.51. The molecule has 4 heterocycles. The SMILES string of the molecule is COc1cccc2c1OC(C)(C)[C@H]1CC3(CO[C@H]21)CN(S(=O)(=O)c1cn[nH]c1)C3. The Morgan fingerprint density at radius 1 is 1.31 bits per heavy atom. The van der Waals surface area contributed by atoms with Crippen LogP contribution in [0.3, 0.4) is 0 Å². The predicted molar refractivity (Wildman–Crippen MR) is 104 cm³/mol. The summed E-state index contributed by atoms with van der Waals surface area (Å²) in [5.41, 5.74) is 0.365. The van der Waals surface area contributed by atoms with Crippen LogP contribution in [0.15, 0.2) is 35.5 Å². The van der Waals surface area contributed by atoms with Crippen LogP contribution in [0, 0.1) is 11.3 Å². The van der Waals surface area contributed by atoms with Crippen LogP contribution in [-0.4, -0.2) is 55.3 Å². The lowest BCUT2D eigenvalue weighted by molar-refractivity contribution is -0.187. The van der Waals surface area contributed by atoms with E-state index in [1.807, 2.05) is 18.2 Å². The van der Waals surface area contributed by atoms with E-state index in [2.05, 4.69) is 24.0 Å². The van der Waals surface area contributed by atoms with Crippen LogP contribution in [0.1, 0.15) is 31.9 Å². The Morgan fingerprint density at radius 2 is 2.10 bits per heavy atom. The Labute approximate surface area is 170 Å². The predicted octanol–water partition coefficient (Wildman–Crippen LogP) is 2.36. The zero-order valence-corrected chi connectivity index (χ0v) is 17.5. The summed E-state index contributed by atoms with van der Waals surface area (Å²) in [5, 5.41) is 6.33. The van der Waals surface area contributed by atoms with Gasteiger partial charge in [-0.15, -0.1) is 0 Å². The van der Waals surface area contributed by atoms with Crippen LogP contribution < -0.4 is 9.47 Å². The molecule has 3 aliphatic rings. The Balaban J connectivity index is 1.39. The van der Waals surface area contributed by atoms with Crippen molar-refractivity contribution >= 4 is 10.0 Å². The number of aromatic amines is 1. The minimum Gasteiger partial charge on any atom is -0.493 e. The molecule has 156 valence electrons. The van der Waals surface area contributed by atoms with Crippen molar-refractivity contribution in [1.29, 1.82) is 0 Å². The normalized spacial score (nSPS) is 27.4. The zero-order chi connectivity index (χ0) is 20.4. The quantitative estimate of drug-likeness (QED) is 0.821. The van der Waals surface area contributed by atoms with E-state index in [1.165, 1.54) is 16.7 Å². The summed E-state index contributed by atoms with van der Waals surface area (Å²) in [4.78, 5) is 0.198. The second-order valence-electron chi connectivity index (χ2n) is 8.83. The molecule has 0 saturated carbocycles. The minimum absolute atomic E-state index is 0.0889. The molecule has 1 spiro atoms. The molecular weight excluding hydrogens is 394 g/mol. The zero-order valence-electron chi connectivity index (χ0n) is 16.7. The number of fused-ring (bicyclic) bond motifs is 3. The molecule has 2 atom stereocenters. The van der Waals surface area contributed by atoms with E-state index in [1.54, 1.807) is 7.11 Å². The van der Waals surface area contributed by atoms with Crippen molar-refractivity contribution in [2.24, 2.45) is 11.3 Å². The van der Waals surface area contributed by atoms with Crippen LogP contribution in [-0.2, 0) is 14.8 Å². The molecule has 29 heavy (non-hydrogen) atoms. The average Bonchev–Trinajstić information content (AvgIpc) is 3.21. The molecule has 8 nitrogen and oxygen atoms in total. The van der Waals surface area contributed by atoms with Gasteiger partial charge in [-0.25, -0.2) is 8.42 Å². The summed E-state index contributed by atoms with van der Waals surface area (Å²) in [7, 11) is -1.88. The van der Waals surface area contributed by atoms with Crippen LogP contribution >= 0.6 is 0 Å². The van der Waals surface area contributed by atoms with E-state index >= 15 is 0 Å². The summed E-state index contributed by atoms with van der Waals surface area (Å²) in [6, 6.07) is 5.87. The highest BCUT2D eigenvalue weighted by molar-refractivity contribution is 7.89. The van der Waals surface area contributed by atoms with E-state index in [0.717, 1.165) is 17.7 Å². The van der Waals surface area contributed by atoms with Gasteiger partial charge in [0.1, 0.15) is 10.5 Å². The van der Waals surface area contributed by atoms with Crippen LogP contribution in [0.5, 0.6) is 11.5 Å². The van der Waals surface area contributed by atoms with E-state index in [9.17, 15) is 8.42 Å². The van der Waals surface area contributed by atoms with E-state index in [4.69, 9.17) is 14.2 Å². The number of para-hydroxylation sites is 1. The van der Waals surface area contributed by atoms with Crippen LogP contribution in [0.2, 0.25) is 0 Å². The van der Waals surface area contributed by atoms with Gasteiger partial charge < -0.3 is 14.2 Å². The molecule has 1 aromatic carbocycles. The molecule has 0 radical (unpaired) electrons. The third kappa shape index (κ3) is 2.78. The molecule has 2 fully saturated rings. The molecule has 9 heteroatoms. The highest BCUT2D eigenvalue weighted by atomic mass is 32.2. The van der Waals surface area contributed by atoms with Crippen molar-refractivity contribution in [2.75, 3.05) is 26.8 Å². The number of nitrogens with zero attached hydrogens (tertiary/aromatic N) is 2. The van der Waals surface area contributed by atoms with Gasteiger partial charge in [-0.1, -0.05) is 12.1 Å². The number of methoxy groups -OCH3 is 1. The number of hydrogen-bond acceptors (Lipinski definition) is 6. The first-order chi connectivity index (χ1) is 13.8. The maximum atomic E-state index is 12.7. The van der Waals surface area contributed by atoms with Crippen LogP contribution in [0.4, 0.5) is 0 Å². The smallest absolute Gasteiger partial charge is 0.246 e. The molecule has 0 amide bonds. The second-order valence-corrected chi connectivity index (χ2v) is 10.8. The summed E-state index contributed by atoms with van der Waals surface area (Å²) < 4.78 is 45.2. The molecule has 5 rings (SSSR count). The number of aromatic nitrogens is 2. The Bertz CT molecular complexity index is 1030. The monoisotopic (exact) mass is 419 g/mol. The number of hydrogen-bond donors (Lipinski definition) is 1. The van der Waals surface area contributed by atoms with Crippen LogP contribution in [0.25, 0.3) is 0 Å². The van der Waals surface area contributed by atoms with E-state index in [0.29, 0.717) is 25.4 Å². The fourth-order valence-corrected chi connectivity index (χ4v) is 6.49. The van der Waals surface area contributed by atoms with E-state index < -0.39 is 15.6 Å². The van der Waals surface area contributed by atoms with Crippen molar-refractivity contribution in [3.05, 3.63) is 36.2 Å². The van der Waals surface area contributed by atoms with E-state index in [-0.39, 0.29) is 22.3 Å². The number of rotatable bonds is 3. The summed E-state index contributed by atoms with van der Waals surface area (Å²) in [6.07, 6.45) is 3.51. The fraction of sp³-hybridized carbons (Fsp3) is 0.550. The third-order valence-corrected chi connectivity index (χ3v) is 8.27. The van der Waals surface area contributed by atoms with Crippen molar-refractivity contribution in [1.82, 2.24) is 14.5 Å². The first-order valence-corrected chi connectivity index (χ1v) is 11.2. The summed E-state index contributed by atoms with van der Waals surface area (Å²) in [5.74, 6) is 1.57. The molecule has 0 unspecified atom stereocenters. The van der Waals surface area contributed by atoms with Gasteiger partial charge in [0.25, 0.3) is 0 Å². The fourth-order valence-electron chi connectivity index (χ4n) is 4.92. The van der Waals surface area contributed by atoms with Gasteiger partial charge in [0.05, 0.1) is 26.0 Å². The average molecular weight is 420 g/mol. The maximum Gasteiger partial charge on any atom is 0.246 e. The first kappa shape index (κ1) is 18.9. The third-order valence-electron chi connectivity index (χ3n) is 6.52. The molecule has 2 aromatic rings. The number of H-pyrrole nitrogens is 1. The lowest BCUT2D eigenvalue weighted by Gasteiger charge is -2.58. The lowest BCUT2D eigenvalue weighted by Crippen LogP contribution is -2.65. The van der Waals surface area contributed by atoms with Crippen molar-refractivity contribution in [3.63, 3.8) is 0 Å². The molecule has 3 aliphatic heterocycles. The Kier molecular flexibility index (Phi) is 4.04. The van der Waals surface area contributed by atoms with Gasteiger partial charge in [-0.2, -0.15) is 9.40 Å². The van der Waals surface area contributed by atoms with Crippen molar-refractivity contribution in [3.8, 4) is 11.5 Å². The Morgan fingerprint density at radius 3 is 2.79 bits per heavy atom. The topological polar surface area (TPSA) is 93.8 Å². The van der Waals surface area contributed by atoms with Gasteiger partial charge >= 0.3 is 0 Å². The number of nitrogens with one attached hydrogen (secondary N) is 1. The van der Waals surface area contributed by atoms with Gasteiger partial charge in [0.15, 0.2) is 11.5 Å². The first-order valence-electron chi connectivity index (χ1n) is 9.72. The number of benzene rings is 1. The standard InChI is InChI=1S/C20H25N3O5S/c1-19(2)15-7-20(10-23(11-20)29(24,25)13-8-21-22-9-13)12-27-17(15)14-5-4-6-16(26-3)18(14)28-19/h4-6,8-9,15,17H,7,10-12H2,1-3H3,(H,21,22)/t15-,17+/m0/s1. The largest absolute Gasteiger partial charge is 0.493 e. The highest BCUT2D eigenvalue weighted by Gasteiger charge is 2.58. The van der Waals surface area contributed by atoms with Gasteiger partial charge in [0, 0.05) is 36.2 Å². The van der Waals surface area contributed by atoms with Gasteiger partial charge in [-0.3, -0.25) is 5.10 Å².